The number of halogens is 1. The van der Waals surface area contributed by atoms with Crippen molar-refractivity contribution in [2.75, 3.05) is 21.3 Å². The van der Waals surface area contributed by atoms with E-state index in [2.05, 4.69) is 4.72 Å². The van der Waals surface area contributed by atoms with Crippen LogP contribution in [0.4, 0.5) is 0 Å². The molecule has 3 rings (SSSR count). The molecule has 0 heterocycles. The molecule has 0 bridgehead atoms. The molecule has 1 saturated carbocycles. The first-order valence-corrected chi connectivity index (χ1v) is 10.7. The highest BCUT2D eigenvalue weighted by atomic mass is 35.5. The van der Waals surface area contributed by atoms with Gasteiger partial charge in [-0.1, -0.05) is 17.7 Å². The summed E-state index contributed by atoms with van der Waals surface area (Å²) in [5, 5.41) is 0. The van der Waals surface area contributed by atoms with Crippen molar-refractivity contribution in [2.45, 2.75) is 35.6 Å². The van der Waals surface area contributed by atoms with Crippen LogP contribution in [-0.2, 0) is 10.0 Å². The van der Waals surface area contributed by atoms with Crippen molar-refractivity contribution in [1.82, 2.24) is 4.72 Å². The van der Waals surface area contributed by atoms with E-state index in [0.717, 1.165) is 5.56 Å². The second kappa shape index (κ2) is 7.81. The SMILES string of the molecule is COc1cc(C(NS(=O)(=O)c2ccc(C)cc2)C2(Cl)CC2)cc(OC)c1OC. The van der Waals surface area contributed by atoms with E-state index in [1.807, 2.05) is 6.92 Å². The van der Waals surface area contributed by atoms with Crippen LogP contribution in [0.15, 0.2) is 41.3 Å². The molecule has 6 nitrogen and oxygen atoms in total. The van der Waals surface area contributed by atoms with Gasteiger partial charge in [0.25, 0.3) is 0 Å². The van der Waals surface area contributed by atoms with E-state index in [9.17, 15) is 8.42 Å². The number of nitrogens with one attached hydrogen (secondary N) is 1. The average Bonchev–Trinajstić information content (AvgIpc) is 3.43. The monoisotopic (exact) mass is 425 g/mol. The molecule has 0 saturated heterocycles. The number of hydrogen-bond donors (Lipinski definition) is 1. The van der Waals surface area contributed by atoms with E-state index < -0.39 is 20.9 Å². The van der Waals surface area contributed by atoms with Crippen LogP contribution in [0.1, 0.15) is 30.0 Å². The molecule has 0 amide bonds. The third kappa shape index (κ3) is 4.06. The first kappa shape index (κ1) is 20.8. The van der Waals surface area contributed by atoms with Gasteiger partial charge in [-0.3, -0.25) is 0 Å². The van der Waals surface area contributed by atoms with E-state index >= 15 is 0 Å². The minimum atomic E-state index is -3.77. The highest BCUT2D eigenvalue weighted by Crippen LogP contribution is 2.54. The van der Waals surface area contributed by atoms with Crippen molar-refractivity contribution in [3.8, 4) is 17.2 Å². The van der Waals surface area contributed by atoms with Gasteiger partial charge in [-0.05, 0) is 49.6 Å². The van der Waals surface area contributed by atoms with Gasteiger partial charge in [-0.25, -0.2) is 13.1 Å². The summed E-state index contributed by atoms with van der Waals surface area (Å²) in [7, 11) is 0.774. The molecule has 8 heteroatoms. The quantitative estimate of drug-likeness (QED) is 0.651. The fourth-order valence-corrected chi connectivity index (χ4v) is 4.73. The Hall–Kier alpha value is -1.96. The van der Waals surface area contributed by atoms with Gasteiger partial charge >= 0.3 is 0 Å². The fraction of sp³-hybridized carbons (Fsp3) is 0.400. The van der Waals surface area contributed by atoms with Gasteiger partial charge in [-0.15, -0.1) is 11.6 Å². The Balaban J connectivity index is 2.04. The summed E-state index contributed by atoms with van der Waals surface area (Å²) in [4.78, 5) is -0.501. The Morgan fingerprint density at radius 1 is 1.00 bits per heavy atom. The number of hydrogen-bond acceptors (Lipinski definition) is 5. The summed E-state index contributed by atoms with van der Waals surface area (Å²) in [6.45, 7) is 1.90. The van der Waals surface area contributed by atoms with Gasteiger partial charge in [0, 0.05) is 0 Å². The van der Waals surface area contributed by atoms with Crippen LogP contribution in [0.25, 0.3) is 0 Å². The average molecular weight is 426 g/mol. The van der Waals surface area contributed by atoms with Crippen molar-refractivity contribution < 1.29 is 22.6 Å². The number of sulfonamides is 1. The zero-order valence-electron chi connectivity index (χ0n) is 16.3. The molecule has 152 valence electrons. The Morgan fingerprint density at radius 3 is 1.96 bits per heavy atom. The molecule has 1 atom stereocenters. The molecule has 1 aliphatic carbocycles. The maximum Gasteiger partial charge on any atom is 0.241 e. The van der Waals surface area contributed by atoms with Gasteiger partial charge in [0.15, 0.2) is 11.5 Å². The molecule has 2 aromatic carbocycles. The lowest BCUT2D eigenvalue weighted by atomic mass is 10.0. The summed E-state index contributed by atoms with van der Waals surface area (Å²) in [5.74, 6) is 1.32. The minimum absolute atomic E-state index is 0.191. The third-order valence-electron chi connectivity index (χ3n) is 4.87. The first-order chi connectivity index (χ1) is 13.2. The lowest BCUT2D eigenvalue weighted by Crippen LogP contribution is -2.35. The predicted molar refractivity (Wildman–Crippen MR) is 108 cm³/mol. The van der Waals surface area contributed by atoms with Gasteiger partial charge < -0.3 is 14.2 Å². The van der Waals surface area contributed by atoms with E-state index in [1.165, 1.54) is 21.3 Å². The van der Waals surface area contributed by atoms with Crippen molar-refractivity contribution in [3.05, 3.63) is 47.5 Å². The Labute approximate surface area is 170 Å². The Bertz CT molecular complexity index is 930. The number of rotatable bonds is 8. The highest BCUT2D eigenvalue weighted by Gasteiger charge is 2.50. The maximum absolute atomic E-state index is 13.0. The number of methoxy groups -OCH3 is 3. The molecule has 1 N–H and O–H groups in total. The summed E-state index contributed by atoms with van der Waals surface area (Å²) in [6, 6.07) is 9.50. The normalized spacial score (nSPS) is 16.3. The van der Waals surface area contributed by atoms with Crippen molar-refractivity contribution in [3.63, 3.8) is 0 Å². The molecular formula is C20H24ClNO5S. The second-order valence-corrected chi connectivity index (χ2v) is 9.33. The Morgan fingerprint density at radius 2 is 1.54 bits per heavy atom. The maximum atomic E-state index is 13.0. The van der Waals surface area contributed by atoms with Crippen LogP contribution in [0.3, 0.4) is 0 Å². The molecule has 28 heavy (non-hydrogen) atoms. The van der Waals surface area contributed by atoms with Crippen LogP contribution in [0.5, 0.6) is 17.2 Å². The summed E-state index contributed by atoms with van der Waals surface area (Å²) in [5.41, 5.74) is 1.63. The largest absolute Gasteiger partial charge is 0.493 e. The molecule has 2 aromatic rings. The summed E-state index contributed by atoms with van der Waals surface area (Å²) >= 11 is 6.69. The topological polar surface area (TPSA) is 73.9 Å². The van der Waals surface area contributed by atoms with Gasteiger partial charge in [0.05, 0.1) is 37.1 Å². The van der Waals surface area contributed by atoms with E-state index in [4.69, 9.17) is 25.8 Å². The first-order valence-electron chi connectivity index (χ1n) is 8.82. The number of ether oxygens (including phenoxy) is 3. The van der Waals surface area contributed by atoms with Crippen LogP contribution in [0.2, 0.25) is 0 Å². The zero-order chi connectivity index (χ0) is 20.5. The van der Waals surface area contributed by atoms with Crippen molar-refractivity contribution in [2.24, 2.45) is 0 Å². The molecule has 1 aliphatic rings. The number of aryl methyl sites for hydroxylation is 1. The van der Waals surface area contributed by atoms with Crippen LogP contribution in [0, 0.1) is 6.92 Å². The Kier molecular flexibility index (Phi) is 5.79. The molecule has 1 fully saturated rings. The van der Waals surface area contributed by atoms with E-state index in [1.54, 1.807) is 36.4 Å². The lowest BCUT2D eigenvalue weighted by Gasteiger charge is -2.25. The van der Waals surface area contributed by atoms with E-state index in [-0.39, 0.29) is 4.90 Å². The van der Waals surface area contributed by atoms with Crippen LogP contribution < -0.4 is 18.9 Å². The van der Waals surface area contributed by atoms with E-state index in [0.29, 0.717) is 35.7 Å². The third-order valence-corrected chi connectivity index (χ3v) is 6.90. The second-order valence-electron chi connectivity index (χ2n) is 6.86. The molecule has 0 aliphatic heterocycles. The van der Waals surface area contributed by atoms with Crippen LogP contribution >= 0.6 is 11.6 Å². The molecular weight excluding hydrogens is 402 g/mol. The summed E-state index contributed by atoms with van der Waals surface area (Å²) < 4.78 is 44.9. The van der Waals surface area contributed by atoms with Gasteiger partial charge in [0.1, 0.15) is 0 Å². The minimum Gasteiger partial charge on any atom is -0.493 e. The number of benzene rings is 2. The fourth-order valence-electron chi connectivity index (χ4n) is 3.09. The van der Waals surface area contributed by atoms with Crippen LogP contribution in [-0.4, -0.2) is 34.6 Å². The summed E-state index contributed by atoms with van der Waals surface area (Å²) in [6.07, 6.45) is 1.40. The van der Waals surface area contributed by atoms with Gasteiger partial charge in [0.2, 0.25) is 15.8 Å². The standard InChI is InChI=1S/C20H24ClNO5S/c1-13-5-7-15(8-6-13)28(23,24)22-19(20(21)9-10-20)14-11-16(25-2)18(27-4)17(12-14)26-3/h5-8,11-12,19,22H,9-10H2,1-4H3. The smallest absolute Gasteiger partial charge is 0.241 e. The van der Waals surface area contributed by atoms with Gasteiger partial charge in [-0.2, -0.15) is 0 Å². The number of alkyl halides is 1. The zero-order valence-corrected chi connectivity index (χ0v) is 17.9. The molecule has 1 unspecified atom stereocenters. The predicted octanol–water partition coefficient (Wildman–Crippen LogP) is 3.81. The molecule has 0 radical (unpaired) electrons. The van der Waals surface area contributed by atoms with Crippen molar-refractivity contribution in [1.29, 1.82) is 0 Å². The lowest BCUT2D eigenvalue weighted by molar-refractivity contribution is 0.323. The van der Waals surface area contributed by atoms with Crippen molar-refractivity contribution >= 4 is 21.6 Å². The molecule has 0 spiro atoms. The highest BCUT2D eigenvalue weighted by molar-refractivity contribution is 7.89. The molecule has 0 aromatic heterocycles.